The highest BCUT2D eigenvalue weighted by molar-refractivity contribution is 8.00. The fourth-order valence-electron chi connectivity index (χ4n) is 1.91. The maximum absolute atomic E-state index is 5.04. The molecule has 0 amide bonds. The molecule has 2 heterocycles. The van der Waals surface area contributed by atoms with E-state index in [0.29, 0.717) is 18.2 Å². The van der Waals surface area contributed by atoms with Gasteiger partial charge in [-0.15, -0.1) is 5.10 Å². The first kappa shape index (κ1) is 16.0. The van der Waals surface area contributed by atoms with Gasteiger partial charge in [0.25, 0.3) is 0 Å². The van der Waals surface area contributed by atoms with Crippen LogP contribution in [0.4, 0.5) is 0 Å². The number of benzene rings is 1. The summed E-state index contributed by atoms with van der Waals surface area (Å²) in [6, 6.07) is 6.14. The molecular weight excluding hydrogens is 332 g/mol. The van der Waals surface area contributed by atoms with Gasteiger partial charge in [0.05, 0.1) is 12.3 Å². The van der Waals surface area contributed by atoms with Crippen LogP contribution in [0.15, 0.2) is 27.7 Å². The van der Waals surface area contributed by atoms with E-state index in [0.717, 1.165) is 15.9 Å². The fraction of sp³-hybridized carbons (Fsp3) is 0.357. The first-order valence-corrected chi connectivity index (χ1v) is 8.61. The Balaban J connectivity index is 1.80. The highest BCUT2D eigenvalue weighted by Gasteiger charge is 2.14. The highest BCUT2D eigenvalue weighted by atomic mass is 32.2. The summed E-state index contributed by atoms with van der Waals surface area (Å²) < 4.78 is 11.9. The van der Waals surface area contributed by atoms with Crippen molar-refractivity contribution >= 4 is 23.3 Å². The van der Waals surface area contributed by atoms with Gasteiger partial charge in [0, 0.05) is 13.5 Å². The Morgan fingerprint density at radius 1 is 1.26 bits per heavy atom. The number of nitrogens with zero attached hydrogens (tertiary/aromatic N) is 6. The zero-order valence-electron chi connectivity index (χ0n) is 13.1. The molecule has 3 rings (SSSR count). The molecule has 0 N–H and O–H groups in total. The Morgan fingerprint density at radius 3 is 2.91 bits per heavy atom. The number of hydrogen-bond donors (Lipinski definition) is 0. The van der Waals surface area contributed by atoms with E-state index in [1.165, 1.54) is 34.4 Å². The predicted molar refractivity (Wildman–Crippen MR) is 88.2 cm³/mol. The Hall–Kier alpha value is -1.84. The molecule has 120 valence electrons. The van der Waals surface area contributed by atoms with Crippen LogP contribution in [0, 0.1) is 13.8 Å². The molecule has 0 radical (unpaired) electrons. The molecule has 0 saturated heterocycles. The minimum absolute atomic E-state index is 0.612. The second kappa shape index (κ2) is 7.16. The molecule has 9 heteroatoms. The van der Waals surface area contributed by atoms with E-state index in [-0.39, 0.29) is 0 Å². The second-order valence-corrected chi connectivity index (χ2v) is 6.93. The third-order valence-electron chi connectivity index (χ3n) is 3.33. The molecule has 0 fully saturated rings. The summed E-state index contributed by atoms with van der Waals surface area (Å²) in [5.41, 5.74) is 3.37. The van der Waals surface area contributed by atoms with Crippen LogP contribution in [-0.2, 0) is 11.2 Å². The summed E-state index contributed by atoms with van der Waals surface area (Å²) in [5, 5.41) is 12.6. The normalized spacial score (nSPS) is 11.1. The van der Waals surface area contributed by atoms with E-state index in [1.807, 2.05) is 6.07 Å². The van der Waals surface area contributed by atoms with E-state index in [2.05, 4.69) is 50.9 Å². The molecule has 0 bridgehead atoms. The number of aryl methyl sites for hydroxylation is 2. The van der Waals surface area contributed by atoms with Crippen molar-refractivity contribution in [2.24, 2.45) is 0 Å². The van der Waals surface area contributed by atoms with E-state index >= 15 is 0 Å². The van der Waals surface area contributed by atoms with E-state index < -0.39 is 0 Å². The molecule has 0 atom stereocenters. The third kappa shape index (κ3) is 3.74. The summed E-state index contributed by atoms with van der Waals surface area (Å²) in [4.78, 5) is 4.47. The average molecular weight is 348 g/mol. The van der Waals surface area contributed by atoms with Crippen LogP contribution < -0.4 is 0 Å². The van der Waals surface area contributed by atoms with Crippen LogP contribution in [0.25, 0.3) is 5.69 Å². The number of tetrazole rings is 1. The molecule has 0 aliphatic heterocycles. The van der Waals surface area contributed by atoms with Gasteiger partial charge < -0.3 is 4.74 Å². The zero-order valence-corrected chi connectivity index (χ0v) is 14.7. The molecule has 2 aromatic heterocycles. The number of rotatable bonds is 6. The van der Waals surface area contributed by atoms with Gasteiger partial charge in [-0.1, -0.05) is 6.07 Å². The Kier molecular flexibility index (Phi) is 4.99. The standard InChI is InChI=1S/C14H16N6OS2/c1-9-4-5-11(8-10(9)2)20-13(16-18-19-20)22-14-15-12(17-23-14)6-7-21-3/h4-5,8H,6-7H2,1-3H3. The maximum atomic E-state index is 5.04. The topological polar surface area (TPSA) is 78.6 Å². The molecule has 0 unspecified atom stereocenters. The van der Waals surface area contributed by atoms with E-state index in [4.69, 9.17) is 4.74 Å². The smallest absolute Gasteiger partial charge is 0.221 e. The van der Waals surface area contributed by atoms with E-state index in [1.54, 1.807) is 11.8 Å². The van der Waals surface area contributed by atoms with Crippen LogP contribution in [0.2, 0.25) is 0 Å². The number of aromatic nitrogens is 6. The lowest BCUT2D eigenvalue weighted by Gasteiger charge is -2.05. The predicted octanol–water partition coefficient (Wildman–Crippen LogP) is 2.47. The average Bonchev–Trinajstić information content (AvgIpc) is 3.18. The van der Waals surface area contributed by atoms with Crippen molar-refractivity contribution in [1.29, 1.82) is 0 Å². The Labute approximate surface area is 142 Å². The van der Waals surface area contributed by atoms with Gasteiger partial charge in [-0.25, -0.2) is 4.98 Å². The van der Waals surface area contributed by atoms with Gasteiger partial charge in [0.2, 0.25) is 5.16 Å². The highest BCUT2D eigenvalue weighted by Crippen LogP contribution is 2.28. The Morgan fingerprint density at radius 2 is 2.13 bits per heavy atom. The lowest BCUT2D eigenvalue weighted by Crippen LogP contribution is -2.00. The largest absolute Gasteiger partial charge is 0.384 e. The van der Waals surface area contributed by atoms with Gasteiger partial charge in [0.15, 0.2) is 4.34 Å². The van der Waals surface area contributed by atoms with Gasteiger partial charge in [-0.2, -0.15) is 9.06 Å². The molecule has 0 aliphatic rings. The van der Waals surface area contributed by atoms with Crippen molar-refractivity contribution in [3.63, 3.8) is 0 Å². The Bertz CT molecular complexity index is 800. The molecule has 1 aromatic carbocycles. The SMILES string of the molecule is COCCc1nsc(Sc2nnnn2-c2ccc(C)c(C)c2)n1. The minimum Gasteiger partial charge on any atom is -0.384 e. The van der Waals surface area contributed by atoms with Crippen LogP contribution in [0.1, 0.15) is 17.0 Å². The second-order valence-electron chi connectivity index (χ2n) is 4.96. The van der Waals surface area contributed by atoms with Crippen LogP contribution in [0.5, 0.6) is 0 Å². The van der Waals surface area contributed by atoms with Gasteiger partial charge >= 0.3 is 0 Å². The summed E-state index contributed by atoms with van der Waals surface area (Å²) in [5.74, 6) is 0.782. The molecule has 23 heavy (non-hydrogen) atoms. The van der Waals surface area contributed by atoms with Crippen molar-refractivity contribution in [3.05, 3.63) is 35.2 Å². The number of hydrogen-bond acceptors (Lipinski definition) is 8. The maximum Gasteiger partial charge on any atom is 0.221 e. The van der Waals surface area contributed by atoms with Crippen molar-refractivity contribution in [3.8, 4) is 5.69 Å². The number of ether oxygens (including phenoxy) is 1. The lowest BCUT2D eigenvalue weighted by molar-refractivity contribution is 0.200. The summed E-state index contributed by atoms with van der Waals surface area (Å²) in [6.45, 7) is 4.77. The lowest BCUT2D eigenvalue weighted by atomic mass is 10.1. The van der Waals surface area contributed by atoms with Crippen LogP contribution in [0.3, 0.4) is 0 Å². The summed E-state index contributed by atoms with van der Waals surface area (Å²) in [7, 11) is 1.67. The minimum atomic E-state index is 0.612. The monoisotopic (exact) mass is 348 g/mol. The van der Waals surface area contributed by atoms with Crippen LogP contribution >= 0.6 is 23.3 Å². The first-order chi connectivity index (χ1) is 11.2. The third-order valence-corrected chi connectivity index (χ3v) is 5.06. The van der Waals surface area contributed by atoms with Gasteiger partial charge in [-0.3, -0.25) is 0 Å². The molecule has 7 nitrogen and oxygen atoms in total. The molecule has 3 aromatic rings. The molecule has 0 spiro atoms. The van der Waals surface area contributed by atoms with E-state index in [9.17, 15) is 0 Å². The first-order valence-electron chi connectivity index (χ1n) is 7.03. The molecular formula is C14H16N6OS2. The molecule has 0 aliphatic carbocycles. The van der Waals surface area contributed by atoms with Crippen molar-refractivity contribution < 1.29 is 4.74 Å². The quantitative estimate of drug-likeness (QED) is 0.677. The van der Waals surface area contributed by atoms with Crippen molar-refractivity contribution in [1.82, 2.24) is 29.6 Å². The van der Waals surface area contributed by atoms with Gasteiger partial charge in [0.1, 0.15) is 5.82 Å². The van der Waals surface area contributed by atoms with Crippen LogP contribution in [-0.4, -0.2) is 43.3 Å². The van der Waals surface area contributed by atoms with Gasteiger partial charge in [-0.05, 0) is 70.8 Å². The summed E-state index contributed by atoms with van der Waals surface area (Å²) >= 11 is 2.76. The zero-order chi connectivity index (χ0) is 16.2. The number of methoxy groups -OCH3 is 1. The summed E-state index contributed by atoms with van der Waals surface area (Å²) in [6.07, 6.45) is 0.704. The molecule has 0 saturated carbocycles. The van der Waals surface area contributed by atoms with Crippen molar-refractivity contribution in [2.45, 2.75) is 29.8 Å². The van der Waals surface area contributed by atoms with Crippen molar-refractivity contribution in [2.75, 3.05) is 13.7 Å². The fourth-order valence-corrected chi connectivity index (χ4v) is 3.47.